The number of anilines is 1. The predicted molar refractivity (Wildman–Crippen MR) is 113 cm³/mol. The number of nitriles is 1. The summed E-state index contributed by atoms with van der Waals surface area (Å²) in [5.41, 5.74) is 1.86. The number of fused-ring (bicyclic) bond motifs is 1. The summed E-state index contributed by atoms with van der Waals surface area (Å²) in [7, 11) is 3.22. The maximum Gasteiger partial charge on any atom is 0.161 e. The predicted octanol–water partition coefficient (Wildman–Crippen LogP) is 4.42. The summed E-state index contributed by atoms with van der Waals surface area (Å²) >= 11 is 1.98. The number of rotatable bonds is 4. The normalized spacial score (nSPS) is 16.6. The van der Waals surface area contributed by atoms with Gasteiger partial charge in [-0.05, 0) is 17.7 Å². The van der Waals surface area contributed by atoms with E-state index in [4.69, 9.17) is 9.47 Å². The van der Waals surface area contributed by atoms with Crippen LogP contribution in [0.2, 0.25) is 0 Å². The van der Waals surface area contributed by atoms with Gasteiger partial charge in [-0.1, -0.05) is 30.3 Å². The molecular formula is C22H21N3O2S. The molecule has 142 valence electrons. The molecule has 2 heterocycles. The highest BCUT2D eigenvalue weighted by atomic mass is 32.2. The van der Waals surface area contributed by atoms with E-state index in [0.29, 0.717) is 22.3 Å². The van der Waals surface area contributed by atoms with Gasteiger partial charge in [0.15, 0.2) is 11.5 Å². The molecule has 6 heteroatoms. The number of benzene rings is 2. The molecule has 1 aliphatic heterocycles. The lowest BCUT2D eigenvalue weighted by molar-refractivity contribution is 0.356. The minimum Gasteiger partial charge on any atom is -0.493 e. The highest BCUT2D eigenvalue weighted by molar-refractivity contribution is 7.99. The Bertz CT molecular complexity index is 1030. The van der Waals surface area contributed by atoms with Gasteiger partial charge < -0.3 is 14.4 Å². The molecule has 1 aliphatic rings. The number of aromatic nitrogens is 1. The van der Waals surface area contributed by atoms with Crippen molar-refractivity contribution in [1.82, 2.24) is 4.98 Å². The van der Waals surface area contributed by atoms with Crippen LogP contribution in [0.1, 0.15) is 16.4 Å². The highest BCUT2D eigenvalue weighted by Crippen LogP contribution is 2.40. The van der Waals surface area contributed by atoms with Gasteiger partial charge in [-0.2, -0.15) is 17.0 Å². The molecule has 1 atom stereocenters. The lowest BCUT2D eigenvalue weighted by Crippen LogP contribution is -2.35. The van der Waals surface area contributed by atoms with Crippen molar-refractivity contribution in [3.63, 3.8) is 0 Å². The first-order valence-corrected chi connectivity index (χ1v) is 10.2. The van der Waals surface area contributed by atoms with Crippen LogP contribution in [0, 0.1) is 11.3 Å². The van der Waals surface area contributed by atoms with Crippen LogP contribution in [0.3, 0.4) is 0 Å². The minimum absolute atomic E-state index is 0.391. The molecule has 0 aliphatic carbocycles. The van der Waals surface area contributed by atoms with Crippen LogP contribution in [0.15, 0.2) is 48.7 Å². The molecule has 0 saturated carbocycles. The van der Waals surface area contributed by atoms with E-state index in [2.05, 4.69) is 40.2 Å². The fourth-order valence-corrected chi connectivity index (χ4v) is 4.85. The van der Waals surface area contributed by atoms with E-state index in [1.165, 1.54) is 5.56 Å². The molecule has 1 saturated heterocycles. The molecule has 1 aromatic heterocycles. The summed E-state index contributed by atoms with van der Waals surface area (Å²) in [4.78, 5) is 6.97. The van der Waals surface area contributed by atoms with Gasteiger partial charge >= 0.3 is 0 Å². The molecule has 3 aromatic rings. The number of hydrogen-bond donors (Lipinski definition) is 0. The molecule has 2 aromatic carbocycles. The Balaban J connectivity index is 1.79. The second-order valence-corrected chi connectivity index (χ2v) is 7.89. The topological polar surface area (TPSA) is 58.4 Å². The van der Waals surface area contributed by atoms with Crippen LogP contribution < -0.4 is 14.4 Å². The zero-order valence-electron chi connectivity index (χ0n) is 15.9. The standard InChI is InChI=1S/C22H21N3O2S/c1-26-19-10-17-16(12-23)13-24-22(18(17)11-20(19)27-2)25-8-9-28-21(14-25)15-6-4-3-5-7-15/h3-7,10-11,13,21H,8-9,14H2,1-2H3. The molecule has 0 N–H and O–H groups in total. The Hall–Kier alpha value is -2.91. The molecule has 28 heavy (non-hydrogen) atoms. The summed E-state index contributed by atoms with van der Waals surface area (Å²) in [5.74, 6) is 3.16. The van der Waals surface area contributed by atoms with Gasteiger partial charge in [0.1, 0.15) is 11.9 Å². The van der Waals surface area contributed by atoms with E-state index in [1.54, 1.807) is 20.4 Å². The first kappa shape index (κ1) is 18.5. The fraction of sp³-hybridized carbons (Fsp3) is 0.273. The molecule has 0 spiro atoms. The van der Waals surface area contributed by atoms with Gasteiger partial charge in [0, 0.05) is 41.1 Å². The van der Waals surface area contributed by atoms with Gasteiger partial charge in [-0.3, -0.25) is 0 Å². The van der Waals surface area contributed by atoms with Crippen molar-refractivity contribution in [3.05, 3.63) is 59.8 Å². The van der Waals surface area contributed by atoms with Crippen molar-refractivity contribution < 1.29 is 9.47 Å². The second kappa shape index (κ2) is 7.99. The summed E-state index contributed by atoms with van der Waals surface area (Å²) in [6, 6.07) is 16.6. The second-order valence-electron chi connectivity index (χ2n) is 6.58. The molecule has 0 amide bonds. The Morgan fingerprint density at radius 3 is 2.50 bits per heavy atom. The SMILES string of the molecule is COc1cc2c(C#N)cnc(N3CCSC(c4ccccc4)C3)c2cc1OC. The van der Waals surface area contributed by atoms with Crippen LogP contribution in [-0.2, 0) is 0 Å². The average molecular weight is 391 g/mol. The Morgan fingerprint density at radius 2 is 1.82 bits per heavy atom. The van der Waals surface area contributed by atoms with Crippen molar-refractivity contribution in [2.45, 2.75) is 5.25 Å². The Morgan fingerprint density at radius 1 is 1.11 bits per heavy atom. The number of nitrogens with zero attached hydrogens (tertiary/aromatic N) is 3. The van der Waals surface area contributed by atoms with Crippen LogP contribution in [0.25, 0.3) is 10.8 Å². The quantitative estimate of drug-likeness (QED) is 0.656. The first-order chi connectivity index (χ1) is 13.7. The lowest BCUT2D eigenvalue weighted by Gasteiger charge is -2.34. The lowest BCUT2D eigenvalue weighted by atomic mass is 10.1. The summed E-state index contributed by atoms with van der Waals surface area (Å²) in [5, 5.41) is 11.7. The maximum absolute atomic E-state index is 9.54. The van der Waals surface area contributed by atoms with Crippen LogP contribution in [-0.4, -0.2) is 38.0 Å². The average Bonchev–Trinajstić information content (AvgIpc) is 2.78. The molecule has 5 nitrogen and oxygen atoms in total. The van der Waals surface area contributed by atoms with Gasteiger partial charge in [-0.25, -0.2) is 4.98 Å². The van der Waals surface area contributed by atoms with E-state index in [-0.39, 0.29) is 0 Å². The third kappa shape index (κ3) is 3.34. The third-order valence-corrected chi connectivity index (χ3v) is 6.27. The van der Waals surface area contributed by atoms with Crippen LogP contribution >= 0.6 is 11.8 Å². The van der Waals surface area contributed by atoms with Crippen molar-refractivity contribution >= 4 is 28.4 Å². The number of pyridine rings is 1. The number of ether oxygens (including phenoxy) is 2. The zero-order valence-corrected chi connectivity index (χ0v) is 16.7. The smallest absolute Gasteiger partial charge is 0.161 e. The fourth-order valence-electron chi connectivity index (χ4n) is 3.60. The molecule has 1 fully saturated rings. The Labute approximate surface area is 168 Å². The molecular weight excluding hydrogens is 370 g/mol. The third-order valence-electron chi connectivity index (χ3n) is 5.03. The van der Waals surface area contributed by atoms with Gasteiger partial charge in [0.25, 0.3) is 0 Å². The monoisotopic (exact) mass is 391 g/mol. The zero-order chi connectivity index (χ0) is 19.5. The van der Waals surface area contributed by atoms with Crippen molar-refractivity contribution in [2.24, 2.45) is 0 Å². The van der Waals surface area contributed by atoms with Gasteiger partial charge in [0.2, 0.25) is 0 Å². The number of methoxy groups -OCH3 is 2. The largest absolute Gasteiger partial charge is 0.493 e. The Kier molecular flexibility index (Phi) is 5.27. The van der Waals surface area contributed by atoms with Gasteiger partial charge in [-0.15, -0.1) is 0 Å². The van der Waals surface area contributed by atoms with E-state index in [1.807, 2.05) is 30.0 Å². The number of hydrogen-bond acceptors (Lipinski definition) is 6. The van der Waals surface area contributed by atoms with E-state index >= 15 is 0 Å². The van der Waals surface area contributed by atoms with Crippen molar-refractivity contribution in [2.75, 3.05) is 38.0 Å². The summed E-state index contributed by atoms with van der Waals surface area (Å²) in [6.45, 7) is 1.79. The van der Waals surface area contributed by atoms with Crippen LogP contribution in [0.4, 0.5) is 5.82 Å². The maximum atomic E-state index is 9.54. The van der Waals surface area contributed by atoms with Crippen molar-refractivity contribution in [1.29, 1.82) is 5.26 Å². The molecule has 4 rings (SSSR count). The van der Waals surface area contributed by atoms with Gasteiger partial charge in [0.05, 0.1) is 19.8 Å². The molecule has 1 unspecified atom stereocenters. The molecule has 0 radical (unpaired) electrons. The van der Waals surface area contributed by atoms with E-state index in [9.17, 15) is 5.26 Å². The summed E-state index contributed by atoms with van der Waals surface area (Å²) in [6.07, 6.45) is 1.66. The van der Waals surface area contributed by atoms with Crippen molar-refractivity contribution in [3.8, 4) is 17.6 Å². The molecule has 0 bridgehead atoms. The van der Waals surface area contributed by atoms with E-state index < -0.39 is 0 Å². The van der Waals surface area contributed by atoms with E-state index in [0.717, 1.165) is 35.4 Å². The minimum atomic E-state index is 0.391. The first-order valence-electron chi connectivity index (χ1n) is 9.11. The van der Waals surface area contributed by atoms with Crippen LogP contribution in [0.5, 0.6) is 11.5 Å². The summed E-state index contributed by atoms with van der Waals surface area (Å²) < 4.78 is 10.9. The highest BCUT2D eigenvalue weighted by Gasteiger charge is 2.25. The number of thioether (sulfide) groups is 1.